The highest BCUT2D eigenvalue weighted by molar-refractivity contribution is 6.31. The van der Waals surface area contributed by atoms with E-state index in [1.807, 2.05) is 6.07 Å². The summed E-state index contributed by atoms with van der Waals surface area (Å²) in [5.74, 6) is 0. The zero-order valence-corrected chi connectivity index (χ0v) is 10.0. The number of benzene rings is 2. The molecule has 0 heterocycles. The molecule has 0 N–H and O–H groups in total. The van der Waals surface area contributed by atoms with E-state index in [-0.39, 0.29) is 17.0 Å². The molecule has 0 nitrogen and oxygen atoms in total. The first-order chi connectivity index (χ1) is 8.48. The summed E-state index contributed by atoms with van der Waals surface area (Å²) in [6, 6.07) is 14.2. The summed E-state index contributed by atoms with van der Waals surface area (Å²) in [6.45, 7) is 0. The lowest BCUT2D eigenvalue weighted by molar-refractivity contribution is -0.138. The predicted molar refractivity (Wildman–Crippen MR) is 64.5 cm³/mol. The Kier molecular flexibility index (Phi) is 3.62. The maximum absolute atomic E-state index is 12.9. The normalized spacial score (nSPS) is 11.6. The third-order valence-corrected chi connectivity index (χ3v) is 2.85. The van der Waals surface area contributed by atoms with Crippen LogP contribution in [0.4, 0.5) is 13.2 Å². The number of hydrogen-bond acceptors (Lipinski definition) is 0. The van der Waals surface area contributed by atoms with Crippen LogP contribution in [0.15, 0.2) is 42.5 Å². The molecule has 2 rings (SSSR count). The molecule has 0 fully saturated rings. The van der Waals surface area contributed by atoms with Gasteiger partial charge in [-0.2, -0.15) is 13.2 Å². The van der Waals surface area contributed by atoms with Crippen molar-refractivity contribution in [3.8, 4) is 0 Å². The Balaban J connectivity index is 2.43. The largest absolute Gasteiger partial charge is 0.418 e. The molecule has 4 heteroatoms. The maximum atomic E-state index is 12.9. The van der Waals surface area contributed by atoms with Gasteiger partial charge in [-0.25, -0.2) is 0 Å². The van der Waals surface area contributed by atoms with Crippen LogP contribution in [0.5, 0.6) is 0 Å². The van der Waals surface area contributed by atoms with Crippen LogP contribution in [-0.2, 0) is 12.6 Å². The van der Waals surface area contributed by atoms with Crippen molar-refractivity contribution in [2.24, 2.45) is 0 Å². The highest BCUT2D eigenvalue weighted by Gasteiger charge is 2.35. The van der Waals surface area contributed by atoms with E-state index in [9.17, 15) is 13.2 Å². The maximum Gasteiger partial charge on any atom is 0.418 e. The summed E-state index contributed by atoms with van der Waals surface area (Å²) in [4.78, 5) is 0. The van der Waals surface area contributed by atoms with Gasteiger partial charge >= 0.3 is 6.18 Å². The lowest BCUT2D eigenvalue weighted by Gasteiger charge is -2.14. The highest BCUT2D eigenvalue weighted by atomic mass is 35.5. The first kappa shape index (κ1) is 13.0. The Labute approximate surface area is 108 Å². The molecule has 18 heavy (non-hydrogen) atoms. The van der Waals surface area contributed by atoms with Crippen LogP contribution >= 0.6 is 11.6 Å². The van der Waals surface area contributed by atoms with Gasteiger partial charge in [-0.1, -0.05) is 54.1 Å². The van der Waals surface area contributed by atoms with E-state index in [4.69, 9.17) is 11.6 Å². The minimum Gasteiger partial charge on any atom is -0.166 e. The molecule has 0 aromatic heterocycles. The zero-order chi connectivity index (χ0) is 13.2. The quantitative estimate of drug-likeness (QED) is 0.738. The van der Waals surface area contributed by atoms with Crippen LogP contribution in [-0.4, -0.2) is 0 Å². The van der Waals surface area contributed by atoms with Gasteiger partial charge < -0.3 is 0 Å². The topological polar surface area (TPSA) is 0 Å². The van der Waals surface area contributed by atoms with Crippen molar-refractivity contribution in [3.63, 3.8) is 0 Å². The summed E-state index contributed by atoms with van der Waals surface area (Å²) >= 11 is 5.60. The average Bonchev–Trinajstić information content (AvgIpc) is 2.28. The van der Waals surface area contributed by atoms with E-state index in [0.29, 0.717) is 0 Å². The summed E-state index contributed by atoms with van der Waals surface area (Å²) in [5, 5.41) is -0.379. The van der Waals surface area contributed by atoms with E-state index in [1.54, 1.807) is 24.3 Å². The van der Waals surface area contributed by atoms with Crippen LogP contribution in [0, 0.1) is 6.07 Å². The molecule has 2 aromatic rings. The van der Waals surface area contributed by atoms with Gasteiger partial charge in [0.25, 0.3) is 0 Å². The fraction of sp³-hybridized carbons (Fsp3) is 0.143. The summed E-state index contributed by atoms with van der Waals surface area (Å²) < 4.78 is 38.7. The minimum absolute atomic E-state index is 0.164. The number of halogens is 4. The van der Waals surface area contributed by atoms with Crippen molar-refractivity contribution in [2.45, 2.75) is 12.6 Å². The minimum atomic E-state index is -4.46. The Morgan fingerprint density at radius 2 is 1.72 bits per heavy atom. The van der Waals surface area contributed by atoms with E-state index in [2.05, 4.69) is 6.07 Å². The SMILES string of the molecule is FC(F)(F)c1c(Cl)[c]ccc1Cc1ccccc1. The second kappa shape index (κ2) is 5.02. The Hall–Kier alpha value is -1.48. The van der Waals surface area contributed by atoms with Gasteiger partial charge in [0.05, 0.1) is 10.6 Å². The Morgan fingerprint density at radius 1 is 1.06 bits per heavy atom. The molecule has 93 valence electrons. The number of rotatable bonds is 2. The molecule has 0 saturated carbocycles. The Morgan fingerprint density at radius 3 is 2.33 bits per heavy atom. The second-order valence-electron chi connectivity index (χ2n) is 3.85. The van der Waals surface area contributed by atoms with E-state index < -0.39 is 11.7 Å². The van der Waals surface area contributed by atoms with E-state index in [0.717, 1.165) is 5.56 Å². The molecular weight excluding hydrogens is 261 g/mol. The van der Waals surface area contributed by atoms with Crippen molar-refractivity contribution in [3.05, 3.63) is 70.2 Å². The standard InChI is InChI=1S/C14H9ClF3/c15-12-8-4-7-11(13(12)14(16,17)18)9-10-5-2-1-3-6-10/h1-7H,9H2. The average molecular weight is 270 g/mol. The molecule has 0 atom stereocenters. The first-order valence-electron chi connectivity index (χ1n) is 5.28. The molecule has 0 saturated heterocycles. The monoisotopic (exact) mass is 269 g/mol. The van der Waals surface area contributed by atoms with Gasteiger partial charge in [-0.3, -0.25) is 0 Å². The highest BCUT2D eigenvalue weighted by Crippen LogP contribution is 2.37. The van der Waals surface area contributed by atoms with Crippen LogP contribution < -0.4 is 0 Å². The lowest BCUT2D eigenvalue weighted by atomic mass is 9.99. The van der Waals surface area contributed by atoms with Crippen molar-refractivity contribution in [2.75, 3.05) is 0 Å². The number of hydrogen-bond donors (Lipinski definition) is 0. The van der Waals surface area contributed by atoms with Crippen molar-refractivity contribution in [1.82, 2.24) is 0 Å². The van der Waals surface area contributed by atoms with Crippen LogP contribution in [0.3, 0.4) is 0 Å². The van der Waals surface area contributed by atoms with E-state index in [1.165, 1.54) is 12.1 Å². The zero-order valence-electron chi connectivity index (χ0n) is 9.26. The van der Waals surface area contributed by atoms with Crippen LogP contribution in [0.2, 0.25) is 5.02 Å². The molecule has 0 spiro atoms. The Bertz CT molecular complexity index is 532. The molecular formula is C14H9ClF3. The first-order valence-corrected chi connectivity index (χ1v) is 5.66. The molecule has 1 radical (unpaired) electrons. The summed E-state index contributed by atoms with van der Waals surface area (Å²) in [5.41, 5.74) is 0.179. The van der Waals surface area contributed by atoms with Crippen molar-refractivity contribution >= 4 is 11.6 Å². The summed E-state index contributed by atoms with van der Waals surface area (Å²) in [7, 11) is 0. The molecule has 0 aliphatic rings. The molecule has 0 aliphatic heterocycles. The molecule has 0 aliphatic carbocycles. The fourth-order valence-corrected chi connectivity index (χ4v) is 2.07. The predicted octanol–water partition coefficient (Wildman–Crippen LogP) is 4.75. The third kappa shape index (κ3) is 2.85. The summed E-state index contributed by atoms with van der Waals surface area (Å²) in [6.07, 6.45) is -4.26. The van der Waals surface area contributed by atoms with Crippen molar-refractivity contribution < 1.29 is 13.2 Å². The molecule has 2 aromatic carbocycles. The fourth-order valence-electron chi connectivity index (χ4n) is 1.78. The lowest BCUT2D eigenvalue weighted by Crippen LogP contribution is -2.10. The van der Waals surface area contributed by atoms with Gasteiger partial charge in [0.2, 0.25) is 0 Å². The molecule has 0 amide bonds. The van der Waals surface area contributed by atoms with Crippen LogP contribution in [0.1, 0.15) is 16.7 Å². The molecule has 0 bridgehead atoms. The third-order valence-electron chi connectivity index (χ3n) is 2.56. The van der Waals surface area contributed by atoms with Gasteiger partial charge in [0, 0.05) is 6.07 Å². The van der Waals surface area contributed by atoms with E-state index >= 15 is 0 Å². The van der Waals surface area contributed by atoms with Crippen LogP contribution in [0.25, 0.3) is 0 Å². The van der Waals surface area contributed by atoms with Crippen molar-refractivity contribution in [1.29, 1.82) is 0 Å². The molecule has 0 unspecified atom stereocenters. The number of alkyl halides is 3. The van der Waals surface area contributed by atoms with Gasteiger partial charge in [-0.15, -0.1) is 0 Å². The van der Waals surface area contributed by atoms with Gasteiger partial charge in [0.1, 0.15) is 0 Å². The smallest absolute Gasteiger partial charge is 0.166 e. The van der Waals surface area contributed by atoms with Gasteiger partial charge in [-0.05, 0) is 17.5 Å². The van der Waals surface area contributed by atoms with Gasteiger partial charge in [0.15, 0.2) is 0 Å². The second-order valence-corrected chi connectivity index (χ2v) is 4.23.